The lowest BCUT2D eigenvalue weighted by molar-refractivity contribution is 0.0587. The number of ether oxygens (including phenoxy) is 1. The molecule has 1 aromatic heterocycles. The van der Waals surface area contributed by atoms with Crippen LogP contribution in [0.1, 0.15) is 62.7 Å². The first-order chi connectivity index (χ1) is 13.8. The number of esters is 1. The number of Topliss-reactive ketones (excluding diaryl/α,β-unsaturated/α-hetero) is 1. The lowest BCUT2D eigenvalue weighted by Crippen LogP contribution is -2.36. The molecule has 7 heteroatoms. The van der Waals surface area contributed by atoms with Crippen molar-refractivity contribution in [3.05, 3.63) is 58.2 Å². The zero-order valence-corrected chi connectivity index (χ0v) is 17.5. The molecule has 0 saturated heterocycles. The first kappa shape index (κ1) is 22.3. The van der Waals surface area contributed by atoms with Crippen LogP contribution in [0.3, 0.4) is 0 Å². The van der Waals surface area contributed by atoms with Crippen molar-refractivity contribution in [3.8, 4) is 0 Å². The van der Waals surface area contributed by atoms with Gasteiger partial charge in [-0.2, -0.15) is 0 Å². The smallest absolute Gasteiger partial charge is 0.354 e. The zero-order chi connectivity index (χ0) is 21.7. The van der Waals surface area contributed by atoms with Crippen molar-refractivity contribution in [2.24, 2.45) is 0 Å². The molecule has 0 spiro atoms. The van der Waals surface area contributed by atoms with E-state index in [9.17, 15) is 18.8 Å². The van der Waals surface area contributed by atoms with E-state index in [0.717, 1.165) is 0 Å². The highest BCUT2D eigenvalue weighted by atomic mass is 19.1. The van der Waals surface area contributed by atoms with E-state index in [4.69, 9.17) is 4.74 Å². The molecule has 1 heterocycles. The number of hydrogen-bond acceptors (Lipinski definition) is 4. The molecule has 2 aromatic rings. The Kier molecular flexibility index (Phi) is 7.31. The summed E-state index contributed by atoms with van der Waals surface area (Å²) in [5.41, 5.74) is 2.32. The van der Waals surface area contributed by atoms with Gasteiger partial charge < -0.3 is 14.2 Å². The van der Waals surface area contributed by atoms with E-state index in [2.05, 4.69) is 0 Å². The lowest BCUT2D eigenvalue weighted by atomic mass is 10.0. The largest absolute Gasteiger partial charge is 0.464 e. The molecule has 0 aliphatic carbocycles. The maximum absolute atomic E-state index is 13.2. The van der Waals surface area contributed by atoms with Crippen molar-refractivity contribution < 1.29 is 23.5 Å². The summed E-state index contributed by atoms with van der Waals surface area (Å²) in [6, 6.07) is 5.25. The van der Waals surface area contributed by atoms with Crippen LogP contribution in [0.5, 0.6) is 0 Å². The van der Waals surface area contributed by atoms with Crippen molar-refractivity contribution in [2.45, 2.75) is 40.7 Å². The molecule has 0 atom stereocenters. The molecule has 156 valence electrons. The quantitative estimate of drug-likeness (QED) is 0.498. The number of nitrogens with zero attached hydrogens (tertiary/aromatic N) is 2. The van der Waals surface area contributed by atoms with Crippen LogP contribution in [0, 0.1) is 19.7 Å². The van der Waals surface area contributed by atoms with E-state index in [1.807, 2.05) is 13.8 Å². The third-order valence-electron chi connectivity index (χ3n) is 4.95. The van der Waals surface area contributed by atoms with Gasteiger partial charge in [-0.3, -0.25) is 9.59 Å². The summed E-state index contributed by atoms with van der Waals surface area (Å²) < 4.78 is 19.8. The van der Waals surface area contributed by atoms with Crippen molar-refractivity contribution in [3.63, 3.8) is 0 Å². The van der Waals surface area contributed by atoms with Gasteiger partial charge in [0.15, 0.2) is 5.78 Å². The Morgan fingerprint density at radius 3 is 2.24 bits per heavy atom. The van der Waals surface area contributed by atoms with E-state index < -0.39 is 11.8 Å². The fraction of sp³-hybridized carbons (Fsp3) is 0.409. The van der Waals surface area contributed by atoms with Crippen LogP contribution in [-0.2, 0) is 11.3 Å². The standard InChI is InChI=1S/C22H27FN2O4/c1-6-12-24(21(27)16-8-10-17(23)11-9-16)13-18(26)19-14(3)20(22(28)29-5)25(7-2)15(19)4/h8-11H,6-7,12-13H2,1-5H3. The minimum absolute atomic E-state index is 0.125. The number of carbonyl (C=O) groups excluding carboxylic acids is 3. The van der Waals surface area contributed by atoms with E-state index in [1.165, 1.54) is 36.3 Å². The Balaban J connectivity index is 2.37. The summed E-state index contributed by atoms with van der Waals surface area (Å²) in [5.74, 6) is -1.51. The second kappa shape index (κ2) is 9.49. The van der Waals surface area contributed by atoms with Crippen molar-refractivity contribution >= 4 is 17.7 Å². The Bertz CT molecular complexity index is 916. The molecular formula is C22H27FN2O4. The Labute approximate surface area is 170 Å². The molecule has 0 aliphatic heterocycles. The van der Waals surface area contributed by atoms with E-state index in [1.54, 1.807) is 18.4 Å². The molecule has 0 radical (unpaired) electrons. The fourth-order valence-electron chi connectivity index (χ4n) is 3.61. The van der Waals surface area contributed by atoms with Gasteiger partial charge in [-0.05, 0) is 57.0 Å². The predicted molar refractivity (Wildman–Crippen MR) is 108 cm³/mol. The summed E-state index contributed by atoms with van der Waals surface area (Å²) in [6.07, 6.45) is 0.668. The predicted octanol–water partition coefficient (Wildman–Crippen LogP) is 3.79. The van der Waals surface area contributed by atoms with Crippen LogP contribution in [0.4, 0.5) is 4.39 Å². The number of ketones is 1. The molecule has 0 unspecified atom stereocenters. The number of rotatable bonds is 8. The summed E-state index contributed by atoms with van der Waals surface area (Å²) in [7, 11) is 1.30. The number of aromatic nitrogens is 1. The number of amides is 1. The van der Waals surface area contributed by atoms with Gasteiger partial charge in [0.25, 0.3) is 5.91 Å². The second-order valence-electron chi connectivity index (χ2n) is 6.83. The molecule has 1 amide bonds. The zero-order valence-electron chi connectivity index (χ0n) is 17.5. The third-order valence-corrected chi connectivity index (χ3v) is 4.95. The maximum Gasteiger partial charge on any atom is 0.354 e. The summed E-state index contributed by atoms with van der Waals surface area (Å²) >= 11 is 0. The molecule has 29 heavy (non-hydrogen) atoms. The number of halogens is 1. The molecule has 0 N–H and O–H groups in total. The van der Waals surface area contributed by atoms with Gasteiger partial charge in [0, 0.05) is 29.9 Å². The summed E-state index contributed by atoms with van der Waals surface area (Å²) in [6.45, 7) is 8.06. The molecule has 2 rings (SSSR count). The molecular weight excluding hydrogens is 375 g/mol. The monoisotopic (exact) mass is 402 g/mol. The first-order valence-electron chi connectivity index (χ1n) is 9.62. The molecule has 1 aromatic carbocycles. The SMILES string of the molecule is CCCN(CC(=O)c1c(C)c(C(=O)OC)n(CC)c1C)C(=O)c1ccc(F)cc1. The maximum atomic E-state index is 13.2. The van der Waals surface area contributed by atoms with Gasteiger partial charge in [-0.15, -0.1) is 0 Å². The molecule has 0 aliphatic rings. The van der Waals surface area contributed by atoms with Gasteiger partial charge in [-0.25, -0.2) is 9.18 Å². The third kappa shape index (κ3) is 4.55. The van der Waals surface area contributed by atoms with Crippen LogP contribution >= 0.6 is 0 Å². The van der Waals surface area contributed by atoms with Crippen LogP contribution in [0.2, 0.25) is 0 Å². The van der Waals surface area contributed by atoms with Gasteiger partial charge in [-0.1, -0.05) is 6.92 Å². The summed E-state index contributed by atoms with van der Waals surface area (Å²) in [4.78, 5) is 39.6. The minimum Gasteiger partial charge on any atom is -0.464 e. The van der Waals surface area contributed by atoms with Crippen LogP contribution < -0.4 is 0 Å². The lowest BCUT2D eigenvalue weighted by Gasteiger charge is -2.22. The van der Waals surface area contributed by atoms with Crippen LogP contribution in [-0.4, -0.2) is 47.3 Å². The molecule has 0 saturated carbocycles. The molecule has 0 fully saturated rings. The normalized spacial score (nSPS) is 10.7. The van der Waals surface area contributed by atoms with Crippen molar-refractivity contribution in [1.82, 2.24) is 9.47 Å². The van der Waals surface area contributed by atoms with Gasteiger partial charge in [0.2, 0.25) is 0 Å². The van der Waals surface area contributed by atoms with Crippen LogP contribution in [0.25, 0.3) is 0 Å². The minimum atomic E-state index is -0.501. The van der Waals surface area contributed by atoms with E-state index in [0.29, 0.717) is 47.6 Å². The van der Waals surface area contributed by atoms with Gasteiger partial charge in [0.05, 0.1) is 13.7 Å². The highest BCUT2D eigenvalue weighted by molar-refractivity contribution is 6.06. The van der Waals surface area contributed by atoms with Crippen molar-refractivity contribution in [1.29, 1.82) is 0 Å². The van der Waals surface area contributed by atoms with Crippen molar-refractivity contribution in [2.75, 3.05) is 20.2 Å². The van der Waals surface area contributed by atoms with Gasteiger partial charge in [0.1, 0.15) is 11.5 Å². The van der Waals surface area contributed by atoms with E-state index in [-0.39, 0.29) is 18.2 Å². The average molecular weight is 402 g/mol. The Hall–Kier alpha value is -2.96. The first-order valence-corrected chi connectivity index (χ1v) is 9.62. The highest BCUT2D eigenvalue weighted by Gasteiger charge is 2.28. The Morgan fingerprint density at radius 1 is 1.10 bits per heavy atom. The topological polar surface area (TPSA) is 68.6 Å². The number of benzene rings is 1. The van der Waals surface area contributed by atoms with E-state index >= 15 is 0 Å². The number of hydrogen-bond donors (Lipinski definition) is 0. The molecule has 0 bridgehead atoms. The van der Waals surface area contributed by atoms with Crippen LogP contribution in [0.15, 0.2) is 24.3 Å². The molecule has 6 nitrogen and oxygen atoms in total. The van der Waals surface area contributed by atoms with Gasteiger partial charge >= 0.3 is 5.97 Å². The Morgan fingerprint density at radius 2 is 1.72 bits per heavy atom. The second-order valence-corrected chi connectivity index (χ2v) is 6.83. The number of carbonyl (C=O) groups is 3. The fourth-order valence-corrected chi connectivity index (χ4v) is 3.61. The highest BCUT2D eigenvalue weighted by Crippen LogP contribution is 2.24. The average Bonchev–Trinajstić information content (AvgIpc) is 2.96. The summed E-state index contributed by atoms with van der Waals surface area (Å²) in [5, 5.41) is 0. The number of methoxy groups -OCH3 is 1.